The minimum atomic E-state index is -0.310. The maximum absolute atomic E-state index is 12.9. The fraction of sp³-hybridized carbons (Fsp3) is 0.200. The lowest BCUT2D eigenvalue weighted by molar-refractivity contribution is 0.0944. The fourth-order valence-electron chi connectivity index (χ4n) is 2.56. The number of amides is 1. The number of aryl methyl sites for hydroxylation is 2. The SMILES string of the molecule is Cc1cc(OCn2ccc(C(=O)NCc3ccc(F)cc3)n2)cc(C)c1Cl. The highest BCUT2D eigenvalue weighted by atomic mass is 35.5. The predicted molar refractivity (Wildman–Crippen MR) is 101 cm³/mol. The standard InChI is InChI=1S/C20H19ClFN3O2/c1-13-9-17(10-14(2)19(13)21)27-12-25-8-7-18(24-25)20(26)23-11-15-3-5-16(22)6-4-15/h3-10H,11-12H2,1-2H3,(H,23,26). The normalized spacial score (nSPS) is 10.7. The molecule has 0 aliphatic rings. The summed E-state index contributed by atoms with van der Waals surface area (Å²) in [5.74, 6) is 0.0679. The van der Waals surface area contributed by atoms with Crippen molar-refractivity contribution in [2.45, 2.75) is 27.1 Å². The highest BCUT2D eigenvalue weighted by Crippen LogP contribution is 2.26. The Bertz CT molecular complexity index is 931. The van der Waals surface area contributed by atoms with Crippen molar-refractivity contribution in [3.63, 3.8) is 0 Å². The van der Waals surface area contributed by atoms with Gasteiger partial charge in [0.25, 0.3) is 5.91 Å². The van der Waals surface area contributed by atoms with Crippen LogP contribution in [0.2, 0.25) is 5.02 Å². The number of rotatable bonds is 6. The van der Waals surface area contributed by atoms with Crippen molar-refractivity contribution in [3.8, 4) is 5.75 Å². The third-order valence-corrected chi connectivity index (χ3v) is 4.61. The van der Waals surface area contributed by atoms with Gasteiger partial charge in [0.05, 0.1) is 0 Å². The molecule has 140 valence electrons. The van der Waals surface area contributed by atoms with Crippen LogP contribution in [0.3, 0.4) is 0 Å². The molecule has 0 atom stereocenters. The summed E-state index contributed by atoms with van der Waals surface area (Å²) in [5.41, 5.74) is 2.96. The van der Waals surface area contributed by atoms with Crippen LogP contribution in [-0.4, -0.2) is 15.7 Å². The maximum atomic E-state index is 12.9. The molecule has 0 unspecified atom stereocenters. The Balaban J connectivity index is 1.56. The second-order valence-electron chi connectivity index (χ2n) is 6.19. The van der Waals surface area contributed by atoms with Gasteiger partial charge in [-0.2, -0.15) is 5.10 Å². The Kier molecular flexibility index (Phi) is 5.76. The van der Waals surface area contributed by atoms with Gasteiger partial charge >= 0.3 is 0 Å². The van der Waals surface area contributed by atoms with Gasteiger partial charge in [-0.05, 0) is 60.9 Å². The molecule has 2 aromatic carbocycles. The third-order valence-electron chi connectivity index (χ3n) is 4.01. The lowest BCUT2D eigenvalue weighted by Gasteiger charge is -2.10. The number of hydrogen-bond acceptors (Lipinski definition) is 3. The largest absolute Gasteiger partial charge is 0.471 e. The molecule has 0 spiro atoms. The van der Waals surface area contributed by atoms with Crippen LogP contribution in [0.4, 0.5) is 4.39 Å². The van der Waals surface area contributed by atoms with Crippen LogP contribution in [0.1, 0.15) is 27.2 Å². The van der Waals surface area contributed by atoms with Gasteiger partial charge in [-0.15, -0.1) is 0 Å². The van der Waals surface area contributed by atoms with E-state index in [1.165, 1.54) is 16.8 Å². The molecule has 0 bridgehead atoms. The number of nitrogens with one attached hydrogen (secondary N) is 1. The van der Waals surface area contributed by atoms with Gasteiger partial charge in [-0.3, -0.25) is 4.79 Å². The smallest absolute Gasteiger partial charge is 0.272 e. The van der Waals surface area contributed by atoms with E-state index < -0.39 is 0 Å². The molecule has 0 fully saturated rings. The van der Waals surface area contributed by atoms with Crippen molar-refractivity contribution in [2.24, 2.45) is 0 Å². The second kappa shape index (κ2) is 8.22. The van der Waals surface area contributed by atoms with Crippen LogP contribution >= 0.6 is 11.6 Å². The van der Waals surface area contributed by atoms with Crippen LogP contribution in [0, 0.1) is 19.7 Å². The molecule has 0 aliphatic heterocycles. The van der Waals surface area contributed by atoms with E-state index in [2.05, 4.69) is 10.4 Å². The van der Waals surface area contributed by atoms with Crippen molar-refractivity contribution in [1.29, 1.82) is 0 Å². The van der Waals surface area contributed by atoms with E-state index >= 15 is 0 Å². The Morgan fingerprint density at radius 1 is 1.19 bits per heavy atom. The second-order valence-corrected chi connectivity index (χ2v) is 6.57. The predicted octanol–water partition coefficient (Wildman–Crippen LogP) is 4.26. The Labute approximate surface area is 161 Å². The van der Waals surface area contributed by atoms with Crippen molar-refractivity contribution in [2.75, 3.05) is 0 Å². The Morgan fingerprint density at radius 2 is 1.85 bits per heavy atom. The van der Waals surface area contributed by atoms with Crippen molar-refractivity contribution >= 4 is 17.5 Å². The first-order valence-corrected chi connectivity index (χ1v) is 8.76. The number of carbonyl (C=O) groups excluding carboxylic acids is 1. The molecule has 1 amide bonds. The number of nitrogens with zero attached hydrogens (tertiary/aromatic N) is 2. The molecule has 3 aromatic rings. The zero-order valence-electron chi connectivity index (χ0n) is 15.0. The molecule has 0 saturated carbocycles. The molecule has 5 nitrogen and oxygen atoms in total. The lowest BCUT2D eigenvalue weighted by Crippen LogP contribution is -2.23. The van der Waals surface area contributed by atoms with Gasteiger partial charge in [-0.1, -0.05) is 23.7 Å². The molecular weight excluding hydrogens is 369 g/mol. The summed E-state index contributed by atoms with van der Waals surface area (Å²) in [7, 11) is 0. The van der Waals surface area contributed by atoms with Crippen molar-refractivity contribution in [3.05, 3.63) is 81.9 Å². The molecule has 27 heavy (non-hydrogen) atoms. The first-order valence-electron chi connectivity index (χ1n) is 8.38. The molecular formula is C20H19ClFN3O2. The van der Waals surface area contributed by atoms with Gasteiger partial charge in [0.1, 0.15) is 17.3 Å². The lowest BCUT2D eigenvalue weighted by atomic mass is 10.1. The monoisotopic (exact) mass is 387 g/mol. The van der Waals surface area contributed by atoms with Gasteiger partial charge < -0.3 is 10.1 Å². The first-order chi connectivity index (χ1) is 12.9. The number of hydrogen-bond donors (Lipinski definition) is 1. The zero-order chi connectivity index (χ0) is 19.4. The highest BCUT2D eigenvalue weighted by Gasteiger charge is 2.10. The van der Waals surface area contributed by atoms with E-state index in [4.69, 9.17) is 16.3 Å². The summed E-state index contributed by atoms with van der Waals surface area (Å²) in [4.78, 5) is 12.2. The molecule has 1 heterocycles. The van der Waals surface area contributed by atoms with Crippen LogP contribution in [-0.2, 0) is 13.3 Å². The van der Waals surface area contributed by atoms with Crippen LogP contribution in [0.5, 0.6) is 5.75 Å². The summed E-state index contributed by atoms with van der Waals surface area (Å²) in [6.07, 6.45) is 1.67. The van der Waals surface area contributed by atoms with Gasteiger partial charge in [0.2, 0.25) is 0 Å². The molecule has 0 saturated heterocycles. The molecule has 1 aromatic heterocycles. The van der Waals surface area contributed by atoms with Gasteiger partial charge in [0, 0.05) is 17.8 Å². The van der Waals surface area contributed by atoms with Crippen LogP contribution in [0.25, 0.3) is 0 Å². The number of carbonyl (C=O) groups is 1. The summed E-state index contributed by atoms with van der Waals surface area (Å²) in [6.45, 7) is 4.30. The van der Waals surface area contributed by atoms with Crippen LogP contribution in [0.15, 0.2) is 48.7 Å². The Hall–Kier alpha value is -2.86. The highest BCUT2D eigenvalue weighted by molar-refractivity contribution is 6.32. The van der Waals surface area contributed by atoms with E-state index in [9.17, 15) is 9.18 Å². The average molecular weight is 388 g/mol. The molecule has 7 heteroatoms. The summed E-state index contributed by atoms with van der Waals surface area (Å²) >= 11 is 6.15. The summed E-state index contributed by atoms with van der Waals surface area (Å²) < 4.78 is 20.1. The topological polar surface area (TPSA) is 56.1 Å². The van der Waals surface area contributed by atoms with E-state index in [1.807, 2.05) is 26.0 Å². The minimum absolute atomic E-state index is 0.172. The Morgan fingerprint density at radius 3 is 2.52 bits per heavy atom. The average Bonchev–Trinajstić information content (AvgIpc) is 3.13. The number of ether oxygens (including phenoxy) is 1. The molecule has 0 radical (unpaired) electrons. The van der Waals surface area contributed by atoms with Gasteiger partial charge in [-0.25, -0.2) is 9.07 Å². The minimum Gasteiger partial charge on any atom is -0.471 e. The first kappa shape index (κ1) is 18.9. The van der Waals surface area contributed by atoms with E-state index in [1.54, 1.807) is 24.4 Å². The number of aromatic nitrogens is 2. The number of benzene rings is 2. The number of halogens is 2. The van der Waals surface area contributed by atoms with E-state index in [0.29, 0.717) is 12.3 Å². The fourth-order valence-corrected chi connectivity index (χ4v) is 2.67. The van der Waals surface area contributed by atoms with Crippen molar-refractivity contribution in [1.82, 2.24) is 15.1 Å². The summed E-state index contributed by atoms with van der Waals surface area (Å²) in [5, 5.41) is 7.68. The van der Waals surface area contributed by atoms with Gasteiger partial charge in [0.15, 0.2) is 6.73 Å². The maximum Gasteiger partial charge on any atom is 0.272 e. The van der Waals surface area contributed by atoms with E-state index in [0.717, 1.165) is 21.7 Å². The van der Waals surface area contributed by atoms with E-state index in [-0.39, 0.29) is 24.1 Å². The van der Waals surface area contributed by atoms with Crippen molar-refractivity contribution < 1.29 is 13.9 Å². The summed E-state index contributed by atoms with van der Waals surface area (Å²) in [6, 6.07) is 11.3. The zero-order valence-corrected chi connectivity index (χ0v) is 15.8. The van der Waals surface area contributed by atoms with Crippen LogP contribution < -0.4 is 10.1 Å². The molecule has 3 rings (SSSR count). The third kappa shape index (κ3) is 4.86. The quantitative estimate of drug-likeness (QED) is 0.687. The molecule has 1 N–H and O–H groups in total. The molecule has 0 aliphatic carbocycles.